The zero-order chi connectivity index (χ0) is 15.2. The number of amides is 1. The van der Waals surface area contributed by atoms with Gasteiger partial charge < -0.3 is 10.1 Å². The van der Waals surface area contributed by atoms with E-state index in [1.165, 1.54) is 18.3 Å². The van der Waals surface area contributed by atoms with Crippen LogP contribution in [0.5, 0.6) is 0 Å². The van der Waals surface area contributed by atoms with Gasteiger partial charge in [-0.3, -0.25) is 9.59 Å². The molecule has 1 heterocycles. The topological polar surface area (TPSA) is 79.2 Å². The van der Waals surface area contributed by atoms with Gasteiger partial charge in [0.15, 0.2) is 6.10 Å². The number of allylic oxidation sites excluding steroid dienone is 2. The van der Waals surface area contributed by atoms with Crippen LogP contribution < -0.4 is 5.32 Å². The molecular formula is C15H16N2O3S. The molecule has 2 atom stereocenters. The van der Waals surface area contributed by atoms with Gasteiger partial charge in [-0.05, 0) is 37.6 Å². The number of ether oxygens (including phenoxy) is 1. The Morgan fingerprint density at radius 1 is 1.52 bits per heavy atom. The van der Waals surface area contributed by atoms with Crippen LogP contribution in [0.2, 0.25) is 0 Å². The minimum atomic E-state index is -0.878. The average Bonchev–Trinajstić information content (AvgIpc) is 2.95. The monoisotopic (exact) mass is 304 g/mol. The Bertz CT molecular complexity index is 600. The Hall–Kier alpha value is -2.13. The van der Waals surface area contributed by atoms with Crippen LogP contribution in [-0.2, 0) is 14.3 Å². The molecule has 1 aliphatic rings. The van der Waals surface area contributed by atoms with Crippen LogP contribution in [0.15, 0.2) is 23.6 Å². The van der Waals surface area contributed by atoms with Gasteiger partial charge in [0.25, 0.3) is 5.91 Å². The molecule has 1 aromatic heterocycles. The van der Waals surface area contributed by atoms with Gasteiger partial charge in [0.05, 0.1) is 11.5 Å². The van der Waals surface area contributed by atoms with E-state index in [2.05, 4.69) is 5.32 Å². The summed E-state index contributed by atoms with van der Waals surface area (Å²) in [5, 5.41) is 13.7. The summed E-state index contributed by atoms with van der Waals surface area (Å²) in [5.41, 5.74) is 0.407. The maximum Gasteiger partial charge on any atom is 0.310 e. The van der Waals surface area contributed by atoms with Gasteiger partial charge in [-0.25, -0.2) is 0 Å². The largest absolute Gasteiger partial charge is 0.452 e. The van der Waals surface area contributed by atoms with Crippen molar-refractivity contribution < 1.29 is 14.3 Å². The van der Waals surface area contributed by atoms with Gasteiger partial charge in [-0.15, -0.1) is 11.3 Å². The molecule has 0 aliphatic heterocycles. The molecule has 0 fully saturated rings. The molecule has 1 aliphatic carbocycles. The number of esters is 1. The number of carbonyl (C=O) groups excluding carboxylic acids is 2. The molecule has 0 saturated carbocycles. The number of nitrogens with zero attached hydrogens (tertiary/aromatic N) is 1. The van der Waals surface area contributed by atoms with Crippen LogP contribution in [0.3, 0.4) is 0 Å². The fourth-order valence-electron chi connectivity index (χ4n) is 2.04. The lowest BCUT2D eigenvalue weighted by molar-refractivity contribution is -0.157. The lowest BCUT2D eigenvalue weighted by Gasteiger charge is -2.19. The fraction of sp³-hybridized carbons (Fsp3) is 0.400. The van der Waals surface area contributed by atoms with Gasteiger partial charge in [-0.2, -0.15) is 5.26 Å². The van der Waals surface area contributed by atoms with Crippen LogP contribution in [-0.4, -0.2) is 18.0 Å². The maximum atomic E-state index is 12.0. The summed E-state index contributed by atoms with van der Waals surface area (Å²) >= 11 is 1.26. The van der Waals surface area contributed by atoms with Crippen molar-refractivity contribution in [1.82, 2.24) is 0 Å². The first-order chi connectivity index (χ1) is 10.1. The molecule has 0 bridgehead atoms. The molecule has 1 aromatic rings. The molecule has 0 unspecified atom stereocenters. The van der Waals surface area contributed by atoms with E-state index < -0.39 is 12.0 Å². The number of anilines is 1. The van der Waals surface area contributed by atoms with E-state index in [9.17, 15) is 9.59 Å². The first-order valence-corrected chi connectivity index (χ1v) is 7.63. The molecule has 6 heteroatoms. The second-order valence-corrected chi connectivity index (χ2v) is 5.74. The molecule has 0 radical (unpaired) electrons. The first-order valence-electron chi connectivity index (χ1n) is 6.75. The smallest absolute Gasteiger partial charge is 0.310 e. The van der Waals surface area contributed by atoms with E-state index in [0.29, 0.717) is 17.0 Å². The van der Waals surface area contributed by atoms with Gasteiger partial charge in [-0.1, -0.05) is 12.2 Å². The summed E-state index contributed by atoms with van der Waals surface area (Å²) < 4.78 is 5.21. The fourth-order valence-corrected chi connectivity index (χ4v) is 2.78. The molecule has 0 spiro atoms. The van der Waals surface area contributed by atoms with E-state index in [0.717, 1.165) is 12.8 Å². The second kappa shape index (κ2) is 7.04. The Morgan fingerprint density at radius 3 is 3.00 bits per heavy atom. The van der Waals surface area contributed by atoms with Crippen molar-refractivity contribution in [2.45, 2.75) is 32.3 Å². The maximum absolute atomic E-state index is 12.0. The third kappa shape index (κ3) is 3.92. The van der Waals surface area contributed by atoms with E-state index in [-0.39, 0.29) is 11.9 Å². The summed E-state index contributed by atoms with van der Waals surface area (Å²) in [7, 11) is 0. The highest BCUT2D eigenvalue weighted by Gasteiger charge is 2.25. The van der Waals surface area contributed by atoms with Crippen molar-refractivity contribution in [2.24, 2.45) is 5.92 Å². The predicted octanol–water partition coefficient (Wildman–Crippen LogP) is 2.85. The molecule has 1 amide bonds. The van der Waals surface area contributed by atoms with Crippen LogP contribution in [0.1, 0.15) is 31.7 Å². The molecule has 0 saturated heterocycles. The lowest BCUT2D eigenvalue weighted by atomic mass is 9.95. The van der Waals surface area contributed by atoms with Gasteiger partial charge in [0.2, 0.25) is 0 Å². The zero-order valence-electron chi connectivity index (χ0n) is 11.7. The Kier molecular flexibility index (Phi) is 5.12. The van der Waals surface area contributed by atoms with E-state index in [4.69, 9.17) is 10.00 Å². The number of hydrogen-bond donors (Lipinski definition) is 1. The van der Waals surface area contributed by atoms with Crippen LogP contribution >= 0.6 is 11.3 Å². The van der Waals surface area contributed by atoms with Crippen LogP contribution in [0.4, 0.5) is 5.00 Å². The summed E-state index contributed by atoms with van der Waals surface area (Å²) in [5.74, 6) is -0.927. The minimum absolute atomic E-state index is 0.165. The highest BCUT2D eigenvalue weighted by Crippen LogP contribution is 2.23. The summed E-state index contributed by atoms with van der Waals surface area (Å²) in [6.45, 7) is 1.53. The quantitative estimate of drug-likeness (QED) is 0.685. The Labute approximate surface area is 127 Å². The molecule has 5 nitrogen and oxygen atoms in total. The minimum Gasteiger partial charge on any atom is -0.452 e. The third-order valence-corrected chi connectivity index (χ3v) is 4.12. The molecule has 0 aromatic carbocycles. The SMILES string of the molecule is C[C@H](OC(=O)[C@@H]1CC=CCC1)C(=O)Nc1sccc1C#N. The first kappa shape index (κ1) is 15.3. The van der Waals surface area contributed by atoms with Crippen molar-refractivity contribution in [3.8, 4) is 6.07 Å². The van der Waals surface area contributed by atoms with Crippen molar-refractivity contribution in [2.75, 3.05) is 5.32 Å². The molecule has 2 rings (SSSR count). The van der Waals surface area contributed by atoms with Crippen molar-refractivity contribution in [1.29, 1.82) is 5.26 Å². The molecule has 1 N–H and O–H groups in total. The van der Waals surface area contributed by atoms with Crippen LogP contribution in [0, 0.1) is 17.2 Å². The standard InChI is InChI=1S/C15H16N2O3S/c1-10(20-15(19)11-5-3-2-4-6-11)13(18)17-14-12(9-16)7-8-21-14/h2-3,7-8,10-11H,4-6H2,1H3,(H,17,18)/t10-,11+/m0/s1. The summed E-state index contributed by atoms with van der Waals surface area (Å²) in [6.07, 6.45) is 5.41. The molecule has 21 heavy (non-hydrogen) atoms. The third-order valence-electron chi connectivity index (χ3n) is 3.29. The zero-order valence-corrected chi connectivity index (χ0v) is 12.5. The molecule has 110 valence electrons. The number of nitriles is 1. The average molecular weight is 304 g/mol. The number of nitrogens with one attached hydrogen (secondary N) is 1. The Balaban J connectivity index is 1.89. The van der Waals surface area contributed by atoms with Crippen molar-refractivity contribution in [3.63, 3.8) is 0 Å². The normalized spacial score (nSPS) is 18.6. The highest BCUT2D eigenvalue weighted by molar-refractivity contribution is 7.14. The van der Waals surface area contributed by atoms with Gasteiger partial charge >= 0.3 is 5.97 Å². The van der Waals surface area contributed by atoms with E-state index in [1.54, 1.807) is 11.4 Å². The van der Waals surface area contributed by atoms with Crippen LogP contribution in [0.25, 0.3) is 0 Å². The highest BCUT2D eigenvalue weighted by atomic mass is 32.1. The van der Waals surface area contributed by atoms with Gasteiger partial charge in [0.1, 0.15) is 11.1 Å². The number of thiophene rings is 1. The predicted molar refractivity (Wildman–Crippen MR) is 79.7 cm³/mol. The van der Waals surface area contributed by atoms with E-state index >= 15 is 0 Å². The number of carbonyl (C=O) groups is 2. The lowest BCUT2D eigenvalue weighted by Crippen LogP contribution is -2.32. The van der Waals surface area contributed by atoms with Crippen molar-refractivity contribution in [3.05, 3.63) is 29.2 Å². The molecular weight excluding hydrogens is 288 g/mol. The van der Waals surface area contributed by atoms with Gasteiger partial charge in [0, 0.05) is 0 Å². The summed E-state index contributed by atoms with van der Waals surface area (Å²) in [6, 6.07) is 3.62. The second-order valence-electron chi connectivity index (χ2n) is 4.82. The van der Waals surface area contributed by atoms with E-state index in [1.807, 2.05) is 18.2 Å². The van der Waals surface area contributed by atoms with Crippen molar-refractivity contribution >= 4 is 28.2 Å². The Morgan fingerprint density at radius 2 is 2.33 bits per heavy atom. The summed E-state index contributed by atoms with van der Waals surface area (Å²) in [4.78, 5) is 23.9. The number of rotatable bonds is 4. The number of hydrogen-bond acceptors (Lipinski definition) is 5.